The van der Waals surface area contributed by atoms with Gasteiger partial charge in [-0.25, -0.2) is 4.98 Å². The average Bonchev–Trinajstić information content (AvgIpc) is 3.65. The summed E-state index contributed by atoms with van der Waals surface area (Å²) in [6.45, 7) is 6.65. The molecule has 1 saturated heterocycles. The summed E-state index contributed by atoms with van der Waals surface area (Å²) in [5.74, 6) is 1.70. The second kappa shape index (κ2) is 10.3. The number of hydrogen-bond acceptors (Lipinski definition) is 5. The van der Waals surface area contributed by atoms with Crippen molar-refractivity contribution in [3.8, 4) is 11.1 Å². The molecular weight excluding hydrogens is 432 g/mol. The molecule has 2 aromatic heterocycles. The maximum absolute atomic E-state index is 5.04. The molecule has 0 amide bonds. The van der Waals surface area contributed by atoms with E-state index in [1.807, 2.05) is 0 Å². The molecule has 186 valence electrons. The first kappa shape index (κ1) is 23.0. The molecule has 2 saturated carbocycles. The van der Waals surface area contributed by atoms with Gasteiger partial charge in [-0.05, 0) is 43.4 Å². The Balaban J connectivity index is 1.25. The maximum atomic E-state index is 5.04. The van der Waals surface area contributed by atoms with Crippen molar-refractivity contribution in [1.82, 2.24) is 24.3 Å². The van der Waals surface area contributed by atoms with Crippen LogP contribution in [0.4, 0.5) is 5.95 Å². The highest BCUT2D eigenvalue weighted by Crippen LogP contribution is 2.37. The van der Waals surface area contributed by atoms with Crippen molar-refractivity contribution in [2.24, 2.45) is 5.92 Å². The number of fused-ring (bicyclic) bond motifs is 1. The lowest BCUT2D eigenvalue weighted by atomic mass is 9.95. The molecule has 0 spiro atoms. The summed E-state index contributed by atoms with van der Waals surface area (Å²) in [6.07, 6.45) is 14.9. The van der Waals surface area contributed by atoms with E-state index in [-0.39, 0.29) is 0 Å². The van der Waals surface area contributed by atoms with Crippen LogP contribution in [-0.4, -0.2) is 64.1 Å². The molecule has 35 heavy (non-hydrogen) atoms. The molecule has 2 aliphatic carbocycles. The molecule has 6 rings (SSSR count). The van der Waals surface area contributed by atoms with Crippen LogP contribution in [0.15, 0.2) is 36.7 Å². The lowest BCUT2D eigenvalue weighted by Crippen LogP contribution is -2.43. The second-order valence-electron chi connectivity index (χ2n) is 11.1. The molecule has 3 aliphatic rings. The van der Waals surface area contributed by atoms with Crippen LogP contribution in [0.3, 0.4) is 0 Å². The number of rotatable bonds is 8. The highest BCUT2D eigenvalue weighted by atomic mass is 15.2. The number of piperazine rings is 1. The Morgan fingerprint density at radius 2 is 1.71 bits per heavy atom. The van der Waals surface area contributed by atoms with Crippen LogP contribution in [0.2, 0.25) is 0 Å². The van der Waals surface area contributed by atoms with E-state index in [9.17, 15) is 0 Å². The highest BCUT2D eigenvalue weighted by molar-refractivity contribution is 5.94. The predicted molar refractivity (Wildman–Crippen MR) is 144 cm³/mol. The Labute approximate surface area is 209 Å². The first-order valence-corrected chi connectivity index (χ1v) is 13.8. The van der Waals surface area contributed by atoms with Crippen molar-refractivity contribution < 1.29 is 0 Å². The topological polar surface area (TPSA) is 49.2 Å². The van der Waals surface area contributed by atoms with Crippen LogP contribution in [-0.2, 0) is 6.54 Å². The van der Waals surface area contributed by atoms with Crippen molar-refractivity contribution in [2.45, 2.75) is 64.0 Å². The molecule has 6 nitrogen and oxygen atoms in total. The van der Waals surface area contributed by atoms with Crippen LogP contribution in [0.1, 0.15) is 63.0 Å². The Morgan fingerprint density at radius 3 is 2.46 bits per heavy atom. The van der Waals surface area contributed by atoms with Crippen LogP contribution < -0.4 is 5.32 Å². The van der Waals surface area contributed by atoms with E-state index < -0.39 is 0 Å². The van der Waals surface area contributed by atoms with Gasteiger partial charge in [-0.1, -0.05) is 56.4 Å². The van der Waals surface area contributed by atoms with Gasteiger partial charge in [-0.2, -0.15) is 4.98 Å². The quantitative estimate of drug-likeness (QED) is 0.465. The third-order valence-electron chi connectivity index (χ3n) is 8.34. The average molecular weight is 473 g/mol. The zero-order chi connectivity index (χ0) is 23.6. The number of nitrogens with zero attached hydrogens (tertiary/aromatic N) is 5. The third-order valence-corrected chi connectivity index (χ3v) is 8.34. The van der Waals surface area contributed by atoms with E-state index in [0.29, 0.717) is 6.04 Å². The molecule has 6 heteroatoms. The van der Waals surface area contributed by atoms with E-state index in [2.05, 4.69) is 63.4 Å². The van der Waals surface area contributed by atoms with Gasteiger partial charge in [0.05, 0.1) is 0 Å². The Hall–Kier alpha value is -2.44. The summed E-state index contributed by atoms with van der Waals surface area (Å²) in [7, 11) is 2.22. The largest absolute Gasteiger partial charge is 0.354 e. The predicted octanol–water partition coefficient (Wildman–Crippen LogP) is 5.56. The molecule has 0 radical (unpaired) electrons. The van der Waals surface area contributed by atoms with Gasteiger partial charge in [0, 0.05) is 68.7 Å². The number of likely N-dealkylation sites (N-methyl/N-ethyl adjacent to an activating group) is 1. The zero-order valence-electron chi connectivity index (χ0n) is 21.3. The van der Waals surface area contributed by atoms with Gasteiger partial charge in [0.1, 0.15) is 5.65 Å². The number of benzene rings is 1. The summed E-state index contributed by atoms with van der Waals surface area (Å²) in [5.41, 5.74) is 5.02. The van der Waals surface area contributed by atoms with Gasteiger partial charge in [-0.3, -0.25) is 4.90 Å². The van der Waals surface area contributed by atoms with E-state index in [1.165, 1.54) is 73.4 Å². The van der Waals surface area contributed by atoms with Crippen LogP contribution in [0.25, 0.3) is 22.2 Å². The minimum Gasteiger partial charge on any atom is -0.354 e. The number of anilines is 1. The smallest absolute Gasteiger partial charge is 0.224 e. The van der Waals surface area contributed by atoms with Crippen molar-refractivity contribution >= 4 is 17.0 Å². The number of nitrogens with one attached hydrogen (secondary N) is 1. The minimum atomic E-state index is 0.547. The molecule has 0 bridgehead atoms. The van der Waals surface area contributed by atoms with Crippen LogP contribution in [0, 0.1) is 5.92 Å². The lowest BCUT2D eigenvalue weighted by molar-refractivity contribution is 0.148. The molecule has 3 heterocycles. The van der Waals surface area contributed by atoms with Crippen LogP contribution in [0.5, 0.6) is 0 Å². The van der Waals surface area contributed by atoms with Crippen molar-refractivity contribution in [3.05, 3.63) is 42.2 Å². The molecule has 0 atom stereocenters. The molecule has 0 unspecified atom stereocenters. The molecule has 3 fully saturated rings. The summed E-state index contributed by atoms with van der Waals surface area (Å²) in [4.78, 5) is 14.7. The van der Waals surface area contributed by atoms with Gasteiger partial charge in [0.25, 0.3) is 0 Å². The standard InChI is InChI=1S/C29H40N6/c1-33-15-17-34(18-16-33)20-23-9-11-24(12-10-23)27-21-35(25-5-3-2-4-6-25)28-26(27)19-31-29(32-28)30-14-13-22-7-8-22/h9-12,19,21-22,25H,2-8,13-18,20H2,1H3,(H,30,31,32). The van der Waals surface area contributed by atoms with Crippen LogP contribution >= 0.6 is 0 Å². The van der Waals surface area contributed by atoms with Gasteiger partial charge >= 0.3 is 0 Å². The van der Waals surface area contributed by atoms with E-state index in [0.717, 1.165) is 56.8 Å². The van der Waals surface area contributed by atoms with Crippen molar-refractivity contribution in [1.29, 1.82) is 0 Å². The highest BCUT2D eigenvalue weighted by Gasteiger charge is 2.23. The fourth-order valence-electron chi connectivity index (χ4n) is 5.83. The fourth-order valence-corrected chi connectivity index (χ4v) is 5.83. The SMILES string of the molecule is CN1CCN(Cc2ccc(-c3cn(C4CCCCC4)c4nc(NCCC5CC5)ncc34)cc2)CC1. The Kier molecular flexibility index (Phi) is 6.75. The molecule has 1 aromatic carbocycles. The van der Waals surface area contributed by atoms with E-state index in [4.69, 9.17) is 9.97 Å². The molecule has 1 aliphatic heterocycles. The normalized spacial score (nSPS) is 20.5. The number of aromatic nitrogens is 3. The minimum absolute atomic E-state index is 0.547. The van der Waals surface area contributed by atoms with E-state index in [1.54, 1.807) is 0 Å². The summed E-state index contributed by atoms with van der Waals surface area (Å²) in [6, 6.07) is 9.77. The van der Waals surface area contributed by atoms with E-state index >= 15 is 0 Å². The Morgan fingerprint density at radius 1 is 0.943 bits per heavy atom. The number of hydrogen-bond donors (Lipinski definition) is 1. The van der Waals surface area contributed by atoms with Gasteiger partial charge in [0.15, 0.2) is 0 Å². The van der Waals surface area contributed by atoms with Gasteiger partial charge < -0.3 is 14.8 Å². The third kappa shape index (κ3) is 5.39. The molecule has 1 N–H and O–H groups in total. The first-order chi connectivity index (χ1) is 17.2. The maximum Gasteiger partial charge on any atom is 0.224 e. The fraction of sp³-hybridized carbons (Fsp3) is 0.586. The molecular formula is C29H40N6. The van der Waals surface area contributed by atoms with Crippen molar-refractivity contribution in [2.75, 3.05) is 45.1 Å². The Bertz CT molecular complexity index is 1120. The zero-order valence-corrected chi connectivity index (χ0v) is 21.3. The summed E-state index contributed by atoms with van der Waals surface area (Å²) < 4.78 is 2.47. The summed E-state index contributed by atoms with van der Waals surface area (Å²) in [5, 5.41) is 4.67. The van der Waals surface area contributed by atoms with Crippen molar-refractivity contribution in [3.63, 3.8) is 0 Å². The summed E-state index contributed by atoms with van der Waals surface area (Å²) >= 11 is 0. The van der Waals surface area contributed by atoms with Gasteiger partial charge in [-0.15, -0.1) is 0 Å². The monoisotopic (exact) mass is 472 g/mol. The molecule has 3 aromatic rings. The first-order valence-electron chi connectivity index (χ1n) is 13.8. The van der Waals surface area contributed by atoms with Gasteiger partial charge in [0.2, 0.25) is 5.95 Å². The lowest BCUT2D eigenvalue weighted by Gasteiger charge is -2.32. The second-order valence-corrected chi connectivity index (χ2v) is 11.1.